The maximum Gasteiger partial charge on any atom is 0.226 e. The number of hydrogen-bond acceptors (Lipinski definition) is 2. The molecule has 2 rings (SSSR count). The zero-order valence-electron chi connectivity index (χ0n) is 11.3. The number of nitrogens with zero attached hydrogens (tertiary/aromatic N) is 1. The van der Waals surface area contributed by atoms with Crippen molar-refractivity contribution in [1.29, 1.82) is 0 Å². The van der Waals surface area contributed by atoms with Gasteiger partial charge in [0, 0.05) is 17.6 Å². The highest BCUT2D eigenvalue weighted by atomic mass is 79.9. The Morgan fingerprint density at radius 2 is 2.05 bits per heavy atom. The van der Waals surface area contributed by atoms with E-state index >= 15 is 0 Å². The topological polar surface area (TPSA) is 46.3 Å². The Bertz CT molecular complexity index is 432. The summed E-state index contributed by atoms with van der Waals surface area (Å²) in [5.74, 6) is 0.659. The van der Waals surface area contributed by atoms with E-state index < -0.39 is 0 Å². The summed E-state index contributed by atoms with van der Waals surface area (Å²) >= 11 is 3.40. The smallest absolute Gasteiger partial charge is 0.226 e. The first-order valence-electron chi connectivity index (χ1n) is 6.82. The van der Waals surface area contributed by atoms with Crippen molar-refractivity contribution in [2.75, 3.05) is 13.6 Å². The molecule has 3 nitrogen and oxygen atoms in total. The summed E-state index contributed by atoms with van der Waals surface area (Å²) in [6.45, 7) is 0.681. The van der Waals surface area contributed by atoms with E-state index in [0.29, 0.717) is 24.9 Å². The van der Waals surface area contributed by atoms with Crippen molar-refractivity contribution < 1.29 is 4.79 Å². The molecular weight excluding hydrogens is 304 g/mol. The van der Waals surface area contributed by atoms with Crippen molar-refractivity contribution in [2.24, 2.45) is 11.7 Å². The van der Waals surface area contributed by atoms with Crippen LogP contribution in [-0.2, 0) is 11.2 Å². The lowest BCUT2D eigenvalue weighted by atomic mass is 10.0. The molecule has 104 valence electrons. The average Bonchev–Trinajstić information content (AvgIpc) is 2.88. The number of amides is 1. The molecule has 0 aliphatic heterocycles. The summed E-state index contributed by atoms with van der Waals surface area (Å²) in [6.07, 6.45) is 3.89. The second-order valence-corrected chi connectivity index (χ2v) is 6.22. The van der Waals surface area contributed by atoms with E-state index in [2.05, 4.69) is 15.9 Å². The molecule has 1 aliphatic rings. The molecule has 0 aromatic heterocycles. The maximum atomic E-state index is 12.3. The monoisotopic (exact) mass is 324 g/mol. The number of hydrogen-bond donors (Lipinski definition) is 1. The van der Waals surface area contributed by atoms with Gasteiger partial charge in [0.15, 0.2) is 0 Å². The van der Waals surface area contributed by atoms with Gasteiger partial charge in [-0.25, -0.2) is 0 Å². The lowest BCUT2D eigenvalue weighted by Crippen LogP contribution is -2.42. The zero-order chi connectivity index (χ0) is 13.8. The second-order valence-electron chi connectivity index (χ2n) is 5.30. The van der Waals surface area contributed by atoms with Crippen LogP contribution < -0.4 is 5.73 Å². The van der Waals surface area contributed by atoms with Crippen LogP contribution in [0, 0.1) is 5.92 Å². The van der Waals surface area contributed by atoms with Crippen LogP contribution in [0.3, 0.4) is 0 Å². The van der Waals surface area contributed by atoms with Gasteiger partial charge >= 0.3 is 0 Å². The first-order valence-corrected chi connectivity index (χ1v) is 7.61. The van der Waals surface area contributed by atoms with Crippen LogP contribution >= 0.6 is 15.9 Å². The summed E-state index contributed by atoms with van der Waals surface area (Å²) in [6, 6.07) is 8.25. The van der Waals surface area contributed by atoms with E-state index in [0.717, 1.165) is 22.9 Å². The van der Waals surface area contributed by atoms with Crippen LogP contribution in [0.2, 0.25) is 0 Å². The SMILES string of the molecule is CN(C(=O)Cc1ccc(Br)cc1)C1CCCC1CN. The number of nitrogens with two attached hydrogens (primary N) is 1. The van der Waals surface area contributed by atoms with Crippen LogP contribution in [0.5, 0.6) is 0 Å². The molecule has 1 aliphatic carbocycles. The van der Waals surface area contributed by atoms with Gasteiger partial charge in [0.1, 0.15) is 0 Å². The zero-order valence-corrected chi connectivity index (χ0v) is 12.9. The molecule has 1 amide bonds. The van der Waals surface area contributed by atoms with Crippen LogP contribution in [-0.4, -0.2) is 30.4 Å². The number of rotatable bonds is 4. The van der Waals surface area contributed by atoms with Crippen LogP contribution in [0.4, 0.5) is 0 Å². The van der Waals surface area contributed by atoms with Gasteiger partial charge in [0.25, 0.3) is 0 Å². The van der Waals surface area contributed by atoms with Crippen molar-refractivity contribution in [3.63, 3.8) is 0 Å². The van der Waals surface area contributed by atoms with E-state index in [1.807, 2.05) is 36.2 Å². The molecule has 0 heterocycles. The van der Waals surface area contributed by atoms with Crippen LogP contribution in [0.25, 0.3) is 0 Å². The standard InChI is InChI=1S/C15H21BrN2O/c1-18(14-4-2-3-12(14)10-17)15(19)9-11-5-7-13(16)8-6-11/h5-8,12,14H,2-4,9-10,17H2,1H3. The number of likely N-dealkylation sites (N-methyl/N-ethyl adjacent to an activating group) is 1. The normalized spacial score (nSPS) is 22.5. The van der Waals surface area contributed by atoms with Crippen molar-refractivity contribution in [2.45, 2.75) is 31.7 Å². The Morgan fingerprint density at radius 1 is 1.37 bits per heavy atom. The predicted molar refractivity (Wildman–Crippen MR) is 80.8 cm³/mol. The minimum Gasteiger partial charge on any atom is -0.342 e. The molecule has 0 spiro atoms. The molecule has 19 heavy (non-hydrogen) atoms. The van der Waals surface area contributed by atoms with Crippen molar-refractivity contribution in [1.82, 2.24) is 4.90 Å². The summed E-state index contributed by atoms with van der Waals surface area (Å²) in [5, 5.41) is 0. The molecule has 2 atom stereocenters. The van der Waals surface area contributed by atoms with Crippen molar-refractivity contribution in [3.05, 3.63) is 34.3 Å². The predicted octanol–water partition coefficient (Wildman–Crippen LogP) is 2.58. The summed E-state index contributed by atoms with van der Waals surface area (Å²) in [5.41, 5.74) is 6.85. The first-order chi connectivity index (χ1) is 9.11. The van der Waals surface area contributed by atoms with E-state index in [-0.39, 0.29) is 5.91 Å². The Balaban J connectivity index is 1.97. The molecule has 1 saturated carbocycles. The Morgan fingerprint density at radius 3 is 2.68 bits per heavy atom. The second kappa shape index (κ2) is 6.53. The molecule has 4 heteroatoms. The average molecular weight is 325 g/mol. The third kappa shape index (κ3) is 3.57. The highest BCUT2D eigenvalue weighted by Gasteiger charge is 2.31. The third-order valence-corrected chi connectivity index (χ3v) is 4.61. The van der Waals surface area contributed by atoms with E-state index in [1.165, 1.54) is 6.42 Å². The van der Waals surface area contributed by atoms with Gasteiger partial charge in [0.2, 0.25) is 5.91 Å². The van der Waals surface area contributed by atoms with Gasteiger partial charge in [-0.3, -0.25) is 4.79 Å². The first kappa shape index (κ1) is 14.5. The molecule has 2 N–H and O–H groups in total. The number of carbonyl (C=O) groups is 1. The quantitative estimate of drug-likeness (QED) is 0.925. The Kier molecular flexibility index (Phi) is 4.99. The molecule has 2 unspecified atom stereocenters. The van der Waals surface area contributed by atoms with E-state index in [1.54, 1.807) is 0 Å². The fourth-order valence-electron chi connectivity index (χ4n) is 2.89. The van der Waals surface area contributed by atoms with Gasteiger partial charge in [0.05, 0.1) is 6.42 Å². The molecule has 1 fully saturated rings. The minimum absolute atomic E-state index is 0.188. The van der Waals surface area contributed by atoms with Crippen LogP contribution in [0.1, 0.15) is 24.8 Å². The van der Waals surface area contributed by atoms with E-state index in [9.17, 15) is 4.79 Å². The maximum absolute atomic E-state index is 12.3. The Labute approximate surface area is 123 Å². The van der Waals surface area contributed by atoms with Gasteiger partial charge in [-0.15, -0.1) is 0 Å². The lowest BCUT2D eigenvalue weighted by molar-refractivity contribution is -0.131. The highest BCUT2D eigenvalue weighted by Crippen LogP contribution is 2.28. The van der Waals surface area contributed by atoms with Crippen molar-refractivity contribution >= 4 is 21.8 Å². The number of halogens is 1. The number of benzene rings is 1. The number of carbonyl (C=O) groups excluding carboxylic acids is 1. The molecule has 0 bridgehead atoms. The van der Waals surface area contributed by atoms with Gasteiger partial charge in [-0.2, -0.15) is 0 Å². The summed E-state index contributed by atoms with van der Waals surface area (Å²) in [4.78, 5) is 14.2. The fourth-order valence-corrected chi connectivity index (χ4v) is 3.15. The van der Waals surface area contributed by atoms with E-state index in [4.69, 9.17) is 5.73 Å². The Hall–Kier alpha value is -0.870. The third-order valence-electron chi connectivity index (χ3n) is 4.08. The fraction of sp³-hybridized carbons (Fsp3) is 0.533. The molecule has 0 saturated heterocycles. The van der Waals surface area contributed by atoms with Gasteiger partial charge in [-0.05, 0) is 43.0 Å². The molecule has 0 radical (unpaired) electrons. The highest BCUT2D eigenvalue weighted by molar-refractivity contribution is 9.10. The van der Waals surface area contributed by atoms with Crippen molar-refractivity contribution in [3.8, 4) is 0 Å². The molecule has 1 aromatic carbocycles. The molecular formula is C15H21BrN2O. The van der Waals surface area contributed by atoms with Gasteiger partial charge < -0.3 is 10.6 Å². The largest absolute Gasteiger partial charge is 0.342 e. The summed E-state index contributed by atoms with van der Waals surface area (Å²) in [7, 11) is 1.92. The minimum atomic E-state index is 0.188. The van der Waals surface area contributed by atoms with Gasteiger partial charge in [-0.1, -0.05) is 34.5 Å². The lowest BCUT2D eigenvalue weighted by Gasteiger charge is -2.29. The van der Waals surface area contributed by atoms with Crippen LogP contribution in [0.15, 0.2) is 28.7 Å². The summed E-state index contributed by atoms with van der Waals surface area (Å²) < 4.78 is 1.04. The molecule has 1 aromatic rings.